The van der Waals surface area contributed by atoms with Gasteiger partial charge in [-0.3, -0.25) is 14.9 Å². The number of nitrogens with zero attached hydrogens (tertiary/aromatic N) is 1. The van der Waals surface area contributed by atoms with Crippen molar-refractivity contribution in [1.82, 2.24) is 5.32 Å². The van der Waals surface area contributed by atoms with E-state index < -0.39 is 33.8 Å². The quantitative estimate of drug-likeness (QED) is 0.659. The Kier molecular flexibility index (Phi) is 4.79. The molecule has 1 aliphatic heterocycles. The van der Waals surface area contributed by atoms with Crippen LogP contribution >= 0.6 is 0 Å². The van der Waals surface area contributed by atoms with Gasteiger partial charge in [0.15, 0.2) is 17.3 Å². The first-order valence-electron chi connectivity index (χ1n) is 6.62. The van der Waals surface area contributed by atoms with Gasteiger partial charge in [0.2, 0.25) is 5.91 Å². The molecule has 1 heterocycles. The summed E-state index contributed by atoms with van der Waals surface area (Å²) in [5.74, 6) is -3.12. The van der Waals surface area contributed by atoms with E-state index in [9.17, 15) is 23.7 Å². The van der Waals surface area contributed by atoms with Crippen LogP contribution in [0.5, 0.6) is 0 Å². The molecule has 1 saturated heterocycles. The summed E-state index contributed by atoms with van der Waals surface area (Å²) in [5, 5.41) is 16.1. The van der Waals surface area contributed by atoms with Crippen molar-refractivity contribution < 1.29 is 18.5 Å². The second kappa shape index (κ2) is 6.57. The lowest BCUT2D eigenvalue weighted by atomic mass is 9.96. The van der Waals surface area contributed by atoms with Gasteiger partial charge in [-0.25, -0.2) is 8.78 Å². The minimum absolute atomic E-state index is 0.0921. The van der Waals surface area contributed by atoms with E-state index in [-0.39, 0.29) is 12.3 Å². The van der Waals surface area contributed by atoms with E-state index in [0.29, 0.717) is 12.6 Å². The molecule has 2 N–H and O–H groups in total. The molecule has 1 aromatic carbocycles. The number of piperidine rings is 1. The van der Waals surface area contributed by atoms with Crippen LogP contribution in [0.3, 0.4) is 0 Å². The summed E-state index contributed by atoms with van der Waals surface area (Å²) in [7, 11) is 0. The number of carbonyl (C=O) groups is 1. The summed E-state index contributed by atoms with van der Waals surface area (Å²) in [6.07, 6.45) is 1.90. The highest BCUT2D eigenvalue weighted by Crippen LogP contribution is 2.29. The number of amides is 1. The van der Waals surface area contributed by atoms with Crippen molar-refractivity contribution >= 4 is 17.3 Å². The summed E-state index contributed by atoms with van der Waals surface area (Å²) in [4.78, 5) is 21.8. The van der Waals surface area contributed by atoms with Crippen molar-refractivity contribution in [3.05, 3.63) is 33.9 Å². The summed E-state index contributed by atoms with van der Waals surface area (Å²) < 4.78 is 26.8. The molecule has 1 aromatic rings. The van der Waals surface area contributed by atoms with Crippen LogP contribution < -0.4 is 10.6 Å². The lowest BCUT2D eigenvalue weighted by Crippen LogP contribution is -2.32. The molecule has 21 heavy (non-hydrogen) atoms. The predicted molar refractivity (Wildman–Crippen MR) is 71.9 cm³/mol. The van der Waals surface area contributed by atoms with E-state index in [1.807, 2.05) is 0 Å². The van der Waals surface area contributed by atoms with E-state index in [1.54, 1.807) is 0 Å². The van der Waals surface area contributed by atoms with Crippen molar-refractivity contribution in [3.63, 3.8) is 0 Å². The summed E-state index contributed by atoms with van der Waals surface area (Å²) >= 11 is 0. The average Bonchev–Trinajstić information content (AvgIpc) is 2.44. The van der Waals surface area contributed by atoms with Gasteiger partial charge in [0, 0.05) is 12.5 Å². The highest BCUT2D eigenvalue weighted by molar-refractivity contribution is 5.93. The third-order valence-electron chi connectivity index (χ3n) is 3.41. The topological polar surface area (TPSA) is 84.3 Å². The van der Waals surface area contributed by atoms with Gasteiger partial charge in [0.25, 0.3) is 5.69 Å². The van der Waals surface area contributed by atoms with Crippen LogP contribution in [-0.4, -0.2) is 23.9 Å². The third-order valence-corrected chi connectivity index (χ3v) is 3.41. The smallest absolute Gasteiger partial charge is 0.296 e. The van der Waals surface area contributed by atoms with E-state index in [1.165, 1.54) is 0 Å². The van der Waals surface area contributed by atoms with Gasteiger partial charge < -0.3 is 10.6 Å². The number of hydrogen-bond donors (Lipinski definition) is 2. The number of halogens is 2. The van der Waals surface area contributed by atoms with Crippen LogP contribution in [0.1, 0.15) is 19.3 Å². The minimum atomic E-state index is -1.42. The zero-order valence-corrected chi connectivity index (χ0v) is 11.2. The number of anilines is 1. The van der Waals surface area contributed by atoms with Gasteiger partial charge in [0.1, 0.15) is 0 Å². The van der Waals surface area contributed by atoms with E-state index in [0.717, 1.165) is 25.5 Å². The Bertz CT molecular complexity index is 560. The third kappa shape index (κ3) is 3.72. The second-order valence-corrected chi connectivity index (χ2v) is 4.98. The van der Waals surface area contributed by atoms with Crippen LogP contribution in [0.15, 0.2) is 12.1 Å². The molecule has 114 valence electrons. The fourth-order valence-corrected chi connectivity index (χ4v) is 2.36. The monoisotopic (exact) mass is 299 g/mol. The van der Waals surface area contributed by atoms with Crippen LogP contribution in [0.2, 0.25) is 0 Å². The maximum absolute atomic E-state index is 13.7. The summed E-state index contributed by atoms with van der Waals surface area (Å²) in [5.41, 5.74) is -1.38. The highest BCUT2D eigenvalue weighted by atomic mass is 19.2. The minimum Gasteiger partial charge on any atom is -0.318 e. The molecule has 8 heteroatoms. The van der Waals surface area contributed by atoms with E-state index in [2.05, 4.69) is 10.6 Å². The van der Waals surface area contributed by atoms with E-state index in [4.69, 9.17) is 0 Å². The fraction of sp³-hybridized carbons (Fsp3) is 0.462. The Hall–Kier alpha value is -2.09. The van der Waals surface area contributed by atoms with Crippen molar-refractivity contribution in [2.24, 2.45) is 5.92 Å². The summed E-state index contributed by atoms with van der Waals surface area (Å²) in [6, 6.07) is 1.49. The Morgan fingerprint density at radius 1 is 1.48 bits per heavy atom. The number of carbonyl (C=O) groups excluding carboxylic acids is 1. The van der Waals surface area contributed by atoms with Crippen LogP contribution in [-0.2, 0) is 4.79 Å². The second-order valence-electron chi connectivity index (χ2n) is 4.98. The molecule has 1 unspecified atom stereocenters. The predicted octanol–water partition coefficient (Wildman–Crippen LogP) is 2.20. The largest absolute Gasteiger partial charge is 0.318 e. The maximum Gasteiger partial charge on any atom is 0.296 e. The molecule has 0 radical (unpaired) electrons. The fourth-order valence-electron chi connectivity index (χ4n) is 2.36. The number of nitro groups is 1. The van der Waals surface area contributed by atoms with Gasteiger partial charge in [-0.2, -0.15) is 0 Å². The molecule has 0 spiro atoms. The molecule has 2 rings (SSSR count). The van der Waals surface area contributed by atoms with Crippen molar-refractivity contribution in [3.8, 4) is 0 Å². The zero-order valence-electron chi connectivity index (χ0n) is 11.2. The van der Waals surface area contributed by atoms with Gasteiger partial charge in [-0.15, -0.1) is 0 Å². The van der Waals surface area contributed by atoms with E-state index >= 15 is 0 Å². The summed E-state index contributed by atoms with van der Waals surface area (Å²) in [6.45, 7) is 1.56. The first-order valence-corrected chi connectivity index (χ1v) is 6.62. The van der Waals surface area contributed by atoms with Crippen LogP contribution in [0.4, 0.5) is 20.2 Å². The Morgan fingerprint density at radius 2 is 2.24 bits per heavy atom. The SMILES string of the molecule is O=C(CC1CCCNC1)Nc1c([N+](=O)[O-])ccc(F)c1F. The molecule has 1 amide bonds. The van der Waals surface area contributed by atoms with Crippen molar-refractivity contribution in [2.75, 3.05) is 18.4 Å². The average molecular weight is 299 g/mol. The standard InChI is InChI=1S/C13H15F2N3O3/c14-9-3-4-10(18(20)21)13(12(9)15)17-11(19)6-8-2-1-5-16-7-8/h3-4,8,16H,1-2,5-7H2,(H,17,19). The zero-order chi connectivity index (χ0) is 15.4. The molecule has 0 aliphatic carbocycles. The van der Waals surface area contributed by atoms with Crippen LogP contribution in [0, 0.1) is 27.7 Å². The molecule has 6 nitrogen and oxygen atoms in total. The number of nitro benzene ring substituents is 1. The van der Waals surface area contributed by atoms with Crippen LogP contribution in [0.25, 0.3) is 0 Å². The lowest BCUT2D eigenvalue weighted by Gasteiger charge is -2.22. The normalized spacial score (nSPS) is 18.3. The molecular weight excluding hydrogens is 284 g/mol. The van der Waals surface area contributed by atoms with Gasteiger partial charge in [-0.1, -0.05) is 0 Å². The first-order chi connectivity index (χ1) is 9.99. The molecule has 0 aromatic heterocycles. The Morgan fingerprint density at radius 3 is 2.86 bits per heavy atom. The first kappa shape index (κ1) is 15.3. The van der Waals surface area contributed by atoms with Gasteiger partial charge in [-0.05, 0) is 37.9 Å². The lowest BCUT2D eigenvalue weighted by molar-refractivity contribution is -0.384. The van der Waals surface area contributed by atoms with Crippen molar-refractivity contribution in [2.45, 2.75) is 19.3 Å². The number of nitrogens with one attached hydrogen (secondary N) is 2. The molecule has 1 atom stereocenters. The number of benzene rings is 1. The van der Waals surface area contributed by atoms with Gasteiger partial charge >= 0.3 is 0 Å². The number of rotatable bonds is 4. The molecular formula is C13H15F2N3O3. The molecule has 0 saturated carbocycles. The Labute approximate surface area is 119 Å². The highest BCUT2D eigenvalue weighted by Gasteiger charge is 2.24. The Balaban J connectivity index is 2.12. The number of hydrogen-bond acceptors (Lipinski definition) is 4. The van der Waals surface area contributed by atoms with Gasteiger partial charge in [0.05, 0.1) is 4.92 Å². The molecule has 1 fully saturated rings. The maximum atomic E-state index is 13.7. The molecule has 1 aliphatic rings. The molecule has 0 bridgehead atoms. The van der Waals surface area contributed by atoms with Crippen molar-refractivity contribution in [1.29, 1.82) is 0 Å².